The van der Waals surface area contributed by atoms with E-state index in [0.717, 1.165) is 0 Å². The van der Waals surface area contributed by atoms with Crippen LogP contribution < -0.4 is 15.2 Å². The predicted octanol–water partition coefficient (Wildman–Crippen LogP) is 1.60. The molecule has 1 aromatic carbocycles. The standard InChI is InChI=1S/C12H16FNO3/c1-6-9(8(15)5-14)12(17-4)11(16-3)7(2)10(6)13/h5,14H2,1-4H3. The van der Waals surface area contributed by atoms with Crippen LogP contribution in [0.1, 0.15) is 21.5 Å². The number of hydrogen-bond acceptors (Lipinski definition) is 4. The van der Waals surface area contributed by atoms with Crippen LogP contribution in [0.4, 0.5) is 4.39 Å². The highest BCUT2D eigenvalue weighted by molar-refractivity contribution is 6.02. The largest absolute Gasteiger partial charge is 0.492 e. The first-order chi connectivity index (χ1) is 7.99. The highest BCUT2D eigenvalue weighted by Crippen LogP contribution is 2.38. The number of rotatable bonds is 4. The fraction of sp³-hybridized carbons (Fsp3) is 0.417. The first kappa shape index (κ1) is 13.4. The summed E-state index contributed by atoms with van der Waals surface area (Å²) in [6.45, 7) is 2.89. The molecule has 0 heterocycles. The van der Waals surface area contributed by atoms with Gasteiger partial charge in [-0.3, -0.25) is 4.79 Å². The molecule has 1 aromatic rings. The molecule has 0 radical (unpaired) electrons. The molecule has 17 heavy (non-hydrogen) atoms. The summed E-state index contributed by atoms with van der Waals surface area (Å²) in [6.07, 6.45) is 0. The van der Waals surface area contributed by atoms with Gasteiger partial charge >= 0.3 is 0 Å². The minimum atomic E-state index is -0.473. The fourth-order valence-electron chi connectivity index (χ4n) is 1.82. The van der Waals surface area contributed by atoms with E-state index >= 15 is 0 Å². The fourth-order valence-corrected chi connectivity index (χ4v) is 1.82. The van der Waals surface area contributed by atoms with Crippen molar-refractivity contribution in [3.63, 3.8) is 0 Å². The number of carbonyl (C=O) groups is 1. The molecule has 1 rings (SSSR count). The van der Waals surface area contributed by atoms with Gasteiger partial charge in [0.25, 0.3) is 0 Å². The molecule has 4 nitrogen and oxygen atoms in total. The van der Waals surface area contributed by atoms with E-state index in [4.69, 9.17) is 15.2 Å². The van der Waals surface area contributed by atoms with Crippen LogP contribution in [0.2, 0.25) is 0 Å². The Balaban J connectivity index is 3.68. The van der Waals surface area contributed by atoms with Gasteiger partial charge < -0.3 is 15.2 Å². The summed E-state index contributed by atoms with van der Waals surface area (Å²) in [5.41, 5.74) is 6.00. The Bertz CT molecular complexity index is 458. The van der Waals surface area contributed by atoms with E-state index in [9.17, 15) is 9.18 Å². The Morgan fingerprint density at radius 2 is 1.71 bits per heavy atom. The lowest BCUT2D eigenvalue weighted by Gasteiger charge is -2.17. The summed E-state index contributed by atoms with van der Waals surface area (Å²) in [5.74, 6) is -0.386. The monoisotopic (exact) mass is 241 g/mol. The van der Waals surface area contributed by atoms with Gasteiger partial charge in [0, 0.05) is 5.56 Å². The van der Waals surface area contributed by atoms with E-state index in [1.165, 1.54) is 21.1 Å². The molecule has 94 valence electrons. The average molecular weight is 241 g/mol. The Kier molecular flexibility index (Phi) is 4.07. The van der Waals surface area contributed by atoms with Gasteiger partial charge in [0.2, 0.25) is 0 Å². The van der Waals surface area contributed by atoms with Crippen molar-refractivity contribution in [1.82, 2.24) is 0 Å². The molecule has 0 aromatic heterocycles. The zero-order valence-electron chi connectivity index (χ0n) is 10.4. The van der Waals surface area contributed by atoms with Crippen molar-refractivity contribution < 1.29 is 18.7 Å². The molecular formula is C12H16FNO3. The van der Waals surface area contributed by atoms with Gasteiger partial charge in [0.1, 0.15) is 5.82 Å². The Morgan fingerprint density at radius 1 is 1.18 bits per heavy atom. The lowest BCUT2D eigenvalue weighted by atomic mass is 9.98. The van der Waals surface area contributed by atoms with Crippen LogP contribution in [0.5, 0.6) is 11.5 Å². The molecular weight excluding hydrogens is 225 g/mol. The summed E-state index contributed by atoms with van der Waals surface area (Å²) in [6, 6.07) is 0. The first-order valence-corrected chi connectivity index (χ1v) is 5.13. The van der Waals surface area contributed by atoms with E-state index in [0.29, 0.717) is 5.56 Å². The number of benzene rings is 1. The average Bonchev–Trinajstić information content (AvgIpc) is 2.34. The molecule has 0 bridgehead atoms. The molecule has 0 unspecified atom stereocenters. The minimum Gasteiger partial charge on any atom is -0.492 e. The summed E-state index contributed by atoms with van der Waals surface area (Å²) in [4.78, 5) is 11.7. The molecule has 5 heteroatoms. The number of Topliss-reactive ketones (excluding diaryl/α,β-unsaturated/α-hetero) is 1. The molecule has 0 spiro atoms. The van der Waals surface area contributed by atoms with Crippen LogP contribution in [0.15, 0.2) is 0 Å². The van der Waals surface area contributed by atoms with E-state index in [1.807, 2.05) is 0 Å². The highest BCUT2D eigenvalue weighted by atomic mass is 19.1. The number of methoxy groups -OCH3 is 2. The molecule has 0 atom stereocenters. The van der Waals surface area contributed by atoms with E-state index < -0.39 is 5.82 Å². The van der Waals surface area contributed by atoms with Gasteiger partial charge in [-0.15, -0.1) is 0 Å². The normalized spacial score (nSPS) is 10.2. The maximum Gasteiger partial charge on any atom is 0.180 e. The number of halogens is 1. The Hall–Kier alpha value is -1.62. The zero-order chi connectivity index (χ0) is 13.2. The van der Waals surface area contributed by atoms with Crippen LogP contribution in [0.25, 0.3) is 0 Å². The van der Waals surface area contributed by atoms with E-state index in [2.05, 4.69) is 0 Å². The Morgan fingerprint density at radius 3 is 2.12 bits per heavy atom. The van der Waals surface area contributed by atoms with Crippen molar-refractivity contribution in [2.75, 3.05) is 20.8 Å². The van der Waals surface area contributed by atoms with Crippen LogP contribution in [0, 0.1) is 19.7 Å². The third-order valence-corrected chi connectivity index (χ3v) is 2.68. The highest BCUT2D eigenvalue weighted by Gasteiger charge is 2.24. The number of ketones is 1. The molecule has 0 aliphatic heterocycles. The molecule has 0 aliphatic carbocycles. The maximum absolute atomic E-state index is 13.9. The molecule has 0 fully saturated rings. The second kappa shape index (κ2) is 5.14. The Labute approximate surface area is 99.5 Å². The first-order valence-electron chi connectivity index (χ1n) is 5.13. The number of hydrogen-bond donors (Lipinski definition) is 1. The lowest BCUT2D eigenvalue weighted by Crippen LogP contribution is -2.17. The smallest absolute Gasteiger partial charge is 0.180 e. The van der Waals surface area contributed by atoms with Crippen LogP contribution in [-0.4, -0.2) is 26.5 Å². The van der Waals surface area contributed by atoms with Crippen molar-refractivity contribution in [3.05, 3.63) is 22.5 Å². The van der Waals surface area contributed by atoms with E-state index in [1.54, 1.807) is 6.92 Å². The van der Waals surface area contributed by atoms with Gasteiger partial charge in [-0.25, -0.2) is 4.39 Å². The number of nitrogens with two attached hydrogens (primary N) is 1. The predicted molar refractivity (Wildman–Crippen MR) is 62.4 cm³/mol. The van der Waals surface area contributed by atoms with Crippen molar-refractivity contribution in [2.24, 2.45) is 5.73 Å². The molecule has 0 saturated carbocycles. The van der Waals surface area contributed by atoms with Crippen molar-refractivity contribution >= 4 is 5.78 Å². The second-order valence-electron chi connectivity index (χ2n) is 3.63. The van der Waals surface area contributed by atoms with Gasteiger partial charge in [0.05, 0.1) is 26.3 Å². The third kappa shape index (κ3) is 2.10. The van der Waals surface area contributed by atoms with Crippen molar-refractivity contribution in [2.45, 2.75) is 13.8 Å². The van der Waals surface area contributed by atoms with Gasteiger partial charge in [0.15, 0.2) is 17.3 Å². The molecule has 0 aliphatic rings. The topological polar surface area (TPSA) is 61.5 Å². The van der Waals surface area contributed by atoms with Crippen LogP contribution >= 0.6 is 0 Å². The maximum atomic E-state index is 13.9. The van der Waals surface area contributed by atoms with Gasteiger partial charge in [-0.1, -0.05) is 0 Å². The van der Waals surface area contributed by atoms with E-state index in [-0.39, 0.29) is 35.0 Å². The summed E-state index contributed by atoms with van der Waals surface area (Å²) < 4.78 is 24.1. The van der Waals surface area contributed by atoms with Crippen molar-refractivity contribution in [1.29, 1.82) is 0 Å². The molecule has 0 saturated heterocycles. The molecule has 0 amide bonds. The summed E-state index contributed by atoms with van der Waals surface area (Å²) in [5, 5.41) is 0. The quantitative estimate of drug-likeness (QED) is 0.813. The third-order valence-electron chi connectivity index (χ3n) is 2.68. The minimum absolute atomic E-state index is 0.148. The zero-order valence-corrected chi connectivity index (χ0v) is 10.4. The summed E-state index contributed by atoms with van der Waals surface area (Å²) >= 11 is 0. The number of carbonyl (C=O) groups excluding carboxylic acids is 1. The number of ether oxygens (including phenoxy) is 2. The van der Waals surface area contributed by atoms with Gasteiger partial charge in [-0.05, 0) is 19.4 Å². The SMILES string of the molecule is COc1c(C)c(F)c(C)c(C(=O)CN)c1OC. The van der Waals surface area contributed by atoms with Crippen molar-refractivity contribution in [3.8, 4) is 11.5 Å². The van der Waals surface area contributed by atoms with Crippen LogP contribution in [-0.2, 0) is 0 Å². The lowest BCUT2D eigenvalue weighted by molar-refractivity contribution is 0.0996. The van der Waals surface area contributed by atoms with Crippen LogP contribution in [0.3, 0.4) is 0 Å². The second-order valence-corrected chi connectivity index (χ2v) is 3.63. The van der Waals surface area contributed by atoms with Gasteiger partial charge in [-0.2, -0.15) is 0 Å². The molecule has 2 N–H and O–H groups in total. The summed E-state index contributed by atoms with van der Waals surface area (Å²) in [7, 11) is 2.80.